The molecule has 0 radical (unpaired) electrons. The summed E-state index contributed by atoms with van der Waals surface area (Å²) in [7, 11) is 0. The van der Waals surface area contributed by atoms with E-state index in [0.717, 1.165) is 44.5 Å². The maximum Gasteiger partial charge on any atom is 0.224 e. The van der Waals surface area contributed by atoms with Gasteiger partial charge in [-0.1, -0.05) is 66.7 Å². The lowest BCUT2D eigenvalue weighted by atomic mass is 9.88. The van der Waals surface area contributed by atoms with E-state index in [4.69, 9.17) is 0 Å². The second-order valence-electron chi connectivity index (χ2n) is 8.38. The molecule has 0 spiro atoms. The Morgan fingerprint density at radius 1 is 0.935 bits per heavy atom. The molecule has 3 aromatic rings. The molecule has 1 amide bonds. The SMILES string of the molecule is O=C(Cc1cccnc1)NC1CCN(CCC(c2ccccc2)c2ccccc2)CC1. The highest BCUT2D eigenvalue weighted by Gasteiger charge is 2.22. The number of nitrogens with one attached hydrogen (secondary N) is 1. The van der Waals surface area contributed by atoms with Crippen molar-refractivity contribution in [1.82, 2.24) is 15.2 Å². The van der Waals surface area contributed by atoms with E-state index in [1.807, 2.05) is 12.1 Å². The first kappa shape index (κ1) is 21.3. The van der Waals surface area contributed by atoms with Gasteiger partial charge in [-0.2, -0.15) is 0 Å². The minimum atomic E-state index is 0.0969. The number of hydrogen-bond donors (Lipinski definition) is 1. The Kier molecular flexibility index (Phi) is 7.46. The molecule has 1 aliphatic rings. The summed E-state index contributed by atoms with van der Waals surface area (Å²) < 4.78 is 0. The van der Waals surface area contributed by atoms with E-state index in [-0.39, 0.29) is 11.9 Å². The van der Waals surface area contributed by atoms with Gasteiger partial charge in [0, 0.05) is 37.4 Å². The largest absolute Gasteiger partial charge is 0.353 e. The maximum atomic E-state index is 12.3. The molecular weight excluding hydrogens is 382 g/mol. The van der Waals surface area contributed by atoms with E-state index >= 15 is 0 Å². The van der Waals surface area contributed by atoms with E-state index in [9.17, 15) is 4.79 Å². The molecule has 1 N–H and O–H groups in total. The number of hydrogen-bond acceptors (Lipinski definition) is 3. The van der Waals surface area contributed by atoms with Crippen LogP contribution in [0.2, 0.25) is 0 Å². The Bertz CT molecular complexity index is 883. The number of benzene rings is 2. The third-order valence-electron chi connectivity index (χ3n) is 6.18. The number of aromatic nitrogens is 1. The third-order valence-corrected chi connectivity index (χ3v) is 6.18. The molecule has 0 atom stereocenters. The normalized spacial score (nSPS) is 15.1. The van der Waals surface area contributed by atoms with Gasteiger partial charge >= 0.3 is 0 Å². The molecule has 160 valence electrons. The van der Waals surface area contributed by atoms with Crippen LogP contribution in [0, 0.1) is 0 Å². The van der Waals surface area contributed by atoms with Gasteiger partial charge in [-0.25, -0.2) is 0 Å². The summed E-state index contributed by atoms with van der Waals surface area (Å²) in [6, 6.07) is 25.7. The fourth-order valence-corrected chi connectivity index (χ4v) is 4.48. The van der Waals surface area contributed by atoms with Gasteiger partial charge in [0.25, 0.3) is 0 Å². The number of carbonyl (C=O) groups excluding carboxylic acids is 1. The third kappa shape index (κ3) is 6.25. The van der Waals surface area contributed by atoms with Crippen molar-refractivity contribution in [2.75, 3.05) is 19.6 Å². The fraction of sp³-hybridized carbons (Fsp3) is 0.333. The highest BCUT2D eigenvalue weighted by molar-refractivity contribution is 5.78. The molecule has 4 nitrogen and oxygen atoms in total. The van der Waals surface area contributed by atoms with Crippen LogP contribution in [0.1, 0.15) is 41.9 Å². The zero-order valence-electron chi connectivity index (χ0n) is 18.0. The van der Waals surface area contributed by atoms with Gasteiger partial charge in [-0.05, 0) is 48.6 Å². The van der Waals surface area contributed by atoms with Crippen LogP contribution in [0.15, 0.2) is 85.2 Å². The summed E-state index contributed by atoms with van der Waals surface area (Å²) in [5, 5.41) is 3.21. The highest BCUT2D eigenvalue weighted by Crippen LogP contribution is 2.28. The van der Waals surface area contributed by atoms with E-state index in [1.54, 1.807) is 12.4 Å². The van der Waals surface area contributed by atoms with Crippen LogP contribution in [0.5, 0.6) is 0 Å². The quantitative estimate of drug-likeness (QED) is 0.594. The van der Waals surface area contributed by atoms with Crippen LogP contribution in [0.3, 0.4) is 0 Å². The second-order valence-corrected chi connectivity index (χ2v) is 8.38. The molecule has 2 heterocycles. The standard InChI is InChI=1S/C27H31N3O/c31-27(20-22-8-7-16-28-21-22)29-25-13-17-30(18-14-25)19-15-26(23-9-3-1-4-10-23)24-11-5-2-6-12-24/h1-12,16,21,25-26H,13-15,17-20H2,(H,29,31). The van der Waals surface area contributed by atoms with Crippen molar-refractivity contribution in [3.8, 4) is 0 Å². The summed E-state index contributed by atoms with van der Waals surface area (Å²) in [6.07, 6.45) is 7.03. The first-order chi connectivity index (χ1) is 15.3. The zero-order chi connectivity index (χ0) is 21.3. The highest BCUT2D eigenvalue weighted by atomic mass is 16.1. The van der Waals surface area contributed by atoms with Crippen LogP contribution in [0.25, 0.3) is 0 Å². The van der Waals surface area contributed by atoms with Crippen LogP contribution in [-0.2, 0) is 11.2 Å². The minimum Gasteiger partial charge on any atom is -0.353 e. The number of likely N-dealkylation sites (tertiary alicyclic amines) is 1. The van der Waals surface area contributed by atoms with Crippen molar-refractivity contribution < 1.29 is 4.79 Å². The second kappa shape index (κ2) is 10.9. The zero-order valence-corrected chi connectivity index (χ0v) is 18.0. The molecule has 1 fully saturated rings. The average molecular weight is 414 g/mol. The summed E-state index contributed by atoms with van der Waals surface area (Å²) in [5.74, 6) is 0.513. The van der Waals surface area contributed by atoms with Gasteiger partial charge in [-0.3, -0.25) is 9.78 Å². The van der Waals surface area contributed by atoms with Crippen molar-refractivity contribution in [2.24, 2.45) is 0 Å². The predicted molar refractivity (Wildman–Crippen MR) is 125 cm³/mol. The number of pyridine rings is 1. The molecule has 0 unspecified atom stereocenters. The lowest BCUT2D eigenvalue weighted by molar-refractivity contribution is -0.121. The van der Waals surface area contributed by atoms with Gasteiger partial charge in [0.1, 0.15) is 0 Å². The fourth-order valence-electron chi connectivity index (χ4n) is 4.48. The van der Waals surface area contributed by atoms with E-state index < -0.39 is 0 Å². The van der Waals surface area contributed by atoms with Gasteiger partial charge in [-0.15, -0.1) is 0 Å². The van der Waals surface area contributed by atoms with Crippen LogP contribution in [0.4, 0.5) is 0 Å². The molecular formula is C27H31N3O. The summed E-state index contributed by atoms with van der Waals surface area (Å²) in [4.78, 5) is 19.0. The van der Waals surface area contributed by atoms with Crippen molar-refractivity contribution in [2.45, 2.75) is 37.6 Å². The molecule has 1 aromatic heterocycles. The van der Waals surface area contributed by atoms with Crippen LogP contribution < -0.4 is 5.32 Å². The van der Waals surface area contributed by atoms with Crippen molar-refractivity contribution in [3.63, 3.8) is 0 Å². The Balaban J connectivity index is 1.26. The Morgan fingerprint density at radius 2 is 1.58 bits per heavy atom. The molecule has 2 aromatic carbocycles. The summed E-state index contributed by atoms with van der Waals surface area (Å²) in [5.41, 5.74) is 3.72. The van der Waals surface area contributed by atoms with Crippen molar-refractivity contribution in [1.29, 1.82) is 0 Å². The van der Waals surface area contributed by atoms with Crippen molar-refractivity contribution >= 4 is 5.91 Å². The first-order valence-corrected chi connectivity index (χ1v) is 11.3. The average Bonchev–Trinajstić information content (AvgIpc) is 2.82. The van der Waals surface area contributed by atoms with Crippen LogP contribution in [-0.4, -0.2) is 41.5 Å². The topological polar surface area (TPSA) is 45.2 Å². The van der Waals surface area contributed by atoms with Gasteiger partial charge < -0.3 is 10.2 Å². The Labute approximate surface area is 185 Å². The smallest absolute Gasteiger partial charge is 0.224 e. The number of amides is 1. The Morgan fingerprint density at radius 3 is 2.16 bits per heavy atom. The first-order valence-electron chi connectivity index (χ1n) is 11.3. The van der Waals surface area contributed by atoms with E-state index in [1.165, 1.54) is 11.1 Å². The van der Waals surface area contributed by atoms with Gasteiger partial charge in [0.2, 0.25) is 5.91 Å². The predicted octanol–water partition coefficient (Wildman–Crippen LogP) is 4.43. The van der Waals surface area contributed by atoms with E-state index in [0.29, 0.717) is 12.3 Å². The molecule has 0 bridgehead atoms. The number of rotatable bonds is 8. The maximum absolute atomic E-state index is 12.3. The molecule has 1 saturated heterocycles. The van der Waals surface area contributed by atoms with E-state index in [2.05, 4.69) is 75.9 Å². The molecule has 4 heteroatoms. The minimum absolute atomic E-state index is 0.0969. The summed E-state index contributed by atoms with van der Waals surface area (Å²) in [6.45, 7) is 3.15. The molecule has 0 saturated carbocycles. The summed E-state index contributed by atoms with van der Waals surface area (Å²) >= 11 is 0. The molecule has 1 aliphatic heterocycles. The van der Waals surface area contributed by atoms with Gasteiger partial charge in [0.15, 0.2) is 0 Å². The van der Waals surface area contributed by atoms with Crippen molar-refractivity contribution in [3.05, 3.63) is 102 Å². The molecule has 31 heavy (non-hydrogen) atoms. The lowest BCUT2D eigenvalue weighted by Gasteiger charge is -2.33. The molecule has 4 rings (SSSR count). The number of carbonyl (C=O) groups is 1. The number of piperidine rings is 1. The van der Waals surface area contributed by atoms with Crippen LogP contribution >= 0.6 is 0 Å². The monoisotopic (exact) mass is 413 g/mol. The Hall–Kier alpha value is -2.98. The number of nitrogens with zero attached hydrogens (tertiary/aromatic N) is 2. The molecule has 0 aliphatic carbocycles. The lowest BCUT2D eigenvalue weighted by Crippen LogP contribution is -2.45. The van der Waals surface area contributed by atoms with Gasteiger partial charge in [0.05, 0.1) is 6.42 Å².